The first-order valence-electron chi connectivity index (χ1n) is 8.93. The van der Waals surface area contributed by atoms with Crippen LogP contribution in [0.2, 0.25) is 0 Å². The van der Waals surface area contributed by atoms with Crippen LogP contribution in [0.15, 0.2) is 48.5 Å². The van der Waals surface area contributed by atoms with Crippen molar-refractivity contribution in [2.45, 2.75) is 6.54 Å². The van der Waals surface area contributed by atoms with E-state index in [9.17, 15) is 4.79 Å². The summed E-state index contributed by atoms with van der Waals surface area (Å²) in [5, 5.41) is 3.49. The van der Waals surface area contributed by atoms with E-state index in [1.807, 2.05) is 30.6 Å². The molecule has 0 saturated carbocycles. The fourth-order valence-electron chi connectivity index (χ4n) is 2.77. The van der Waals surface area contributed by atoms with Crippen LogP contribution in [0.3, 0.4) is 0 Å². The van der Waals surface area contributed by atoms with E-state index < -0.39 is 0 Å². The minimum Gasteiger partial charge on any atom is -0.379 e. The highest BCUT2D eigenvalue weighted by molar-refractivity contribution is 5.75. The molecule has 1 fully saturated rings. The first-order chi connectivity index (χ1) is 12.8. The number of morpholine rings is 1. The summed E-state index contributed by atoms with van der Waals surface area (Å²) < 4.78 is 5.36. The first kappa shape index (κ1) is 18.3. The maximum atomic E-state index is 10.5. The van der Waals surface area contributed by atoms with Crippen molar-refractivity contribution in [3.63, 3.8) is 0 Å². The third kappa shape index (κ3) is 5.82. The molecule has 1 heterocycles. The topological polar surface area (TPSA) is 41.6 Å². The molecule has 2 aromatic rings. The number of hydrogen-bond donors (Lipinski definition) is 1. The van der Waals surface area contributed by atoms with Crippen molar-refractivity contribution in [3.05, 3.63) is 70.8 Å². The lowest BCUT2D eigenvalue weighted by Crippen LogP contribution is -2.40. The van der Waals surface area contributed by atoms with Crippen LogP contribution in [0.5, 0.6) is 0 Å². The molecular formula is C22H23N2O2. The van der Waals surface area contributed by atoms with Crippen molar-refractivity contribution < 1.29 is 9.53 Å². The largest absolute Gasteiger partial charge is 0.379 e. The van der Waals surface area contributed by atoms with Gasteiger partial charge >= 0.3 is 0 Å². The quantitative estimate of drug-likeness (QED) is 0.641. The van der Waals surface area contributed by atoms with E-state index in [1.165, 1.54) is 5.56 Å². The van der Waals surface area contributed by atoms with Crippen LogP contribution in [0, 0.1) is 11.8 Å². The van der Waals surface area contributed by atoms with Gasteiger partial charge in [-0.2, -0.15) is 0 Å². The minimum absolute atomic E-state index is 0.543. The Morgan fingerprint density at radius 1 is 0.885 bits per heavy atom. The predicted molar refractivity (Wildman–Crippen MR) is 103 cm³/mol. The molecule has 26 heavy (non-hydrogen) atoms. The Morgan fingerprint density at radius 3 is 2.08 bits per heavy atom. The van der Waals surface area contributed by atoms with Crippen molar-refractivity contribution in [2.24, 2.45) is 0 Å². The van der Waals surface area contributed by atoms with E-state index in [0.29, 0.717) is 5.56 Å². The molecule has 133 valence electrons. The maximum absolute atomic E-state index is 10.5. The average molecular weight is 347 g/mol. The van der Waals surface area contributed by atoms with E-state index in [2.05, 4.69) is 34.2 Å². The molecule has 3 rings (SSSR count). The molecule has 0 aliphatic carbocycles. The second-order valence-corrected chi connectivity index (χ2v) is 6.26. The van der Waals surface area contributed by atoms with Gasteiger partial charge in [-0.25, -0.2) is 0 Å². The van der Waals surface area contributed by atoms with Gasteiger partial charge in [0, 0.05) is 49.4 Å². The molecule has 0 amide bonds. The van der Waals surface area contributed by atoms with E-state index in [4.69, 9.17) is 4.74 Å². The summed E-state index contributed by atoms with van der Waals surface area (Å²) in [6.45, 7) is 6.67. The Morgan fingerprint density at radius 2 is 1.46 bits per heavy atom. The van der Waals surface area contributed by atoms with Crippen LogP contribution in [-0.4, -0.2) is 50.6 Å². The number of nitrogens with zero attached hydrogens (tertiary/aromatic N) is 1. The predicted octanol–water partition coefficient (Wildman–Crippen LogP) is 1.97. The third-order valence-corrected chi connectivity index (χ3v) is 4.35. The van der Waals surface area contributed by atoms with Gasteiger partial charge in [0.25, 0.3) is 0 Å². The fourth-order valence-corrected chi connectivity index (χ4v) is 2.77. The lowest BCUT2D eigenvalue weighted by molar-refractivity contribution is 0.0384. The lowest BCUT2D eigenvalue weighted by atomic mass is 10.1. The number of benzene rings is 2. The standard InChI is InChI=1S/C22H23N2O2/c25-18-22-9-5-20(6-10-22)2-1-19-3-7-21(8-4-19)17-23-11-12-24-13-15-26-16-14-24/h3-10,23H,11-17H2. The molecule has 0 aromatic heterocycles. The van der Waals surface area contributed by atoms with Gasteiger partial charge in [-0.3, -0.25) is 9.69 Å². The number of ether oxygens (including phenoxy) is 1. The summed E-state index contributed by atoms with van der Waals surface area (Å²) in [5.41, 5.74) is 3.66. The molecule has 0 spiro atoms. The summed E-state index contributed by atoms with van der Waals surface area (Å²) in [7, 11) is 0. The molecule has 1 radical (unpaired) electrons. The van der Waals surface area contributed by atoms with Crippen LogP contribution < -0.4 is 5.32 Å². The zero-order valence-corrected chi connectivity index (χ0v) is 14.8. The van der Waals surface area contributed by atoms with Gasteiger partial charge in [-0.15, -0.1) is 0 Å². The van der Waals surface area contributed by atoms with Gasteiger partial charge in [0.2, 0.25) is 6.29 Å². The number of rotatable bonds is 6. The van der Waals surface area contributed by atoms with Crippen molar-refractivity contribution in [3.8, 4) is 11.8 Å². The second kappa shape index (κ2) is 9.88. The molecular weight excluding hydrogens is 324 g/mol. The highest BCUT2D eigenvalue weighted by Crippen LogP contribution is 2.05. The smallest absolute Gasteiger partial charge is 0.233 e. The highest BCUT2D eigenvalue weighted by atomic mass is 16.5. The van der Waals surface area contributed by atoms with Gasteiger partial charge in [0.05, 0.1) is 13.2 Å². The Balaban J connectivity index is 1.44. The molecule has 1 aliphatic rings. The summed E-state index contributed by atoms with van der Waals surface area (Å²) in [4.78, 5) is 13.0. The lowest BCUT2D eigenvalue weighted by Gasteiger charge is -2.26. The molecule has 0 atom stereocenters. The summed E-state index contributed by atoms with van der Waals surface area (Å²) in [6.07, 6.45) is 1.86. The monoisotopic (exact) mass is 347 g/mol. The Labute approximate surface area is 155 Å². The number of hydrogen-bond acceptors (Lipinski definition) is 4. The Hall–Kier alpha value is -2.45. The molecule has 0 bridgehead atoms. The van der Waals surface area contributed by atoms with Gasteiger partial charge in [-0.05, 0) is 42.0 Å². The Kier molecular flexibility index (Phi) is 6.97. The van der Waals surface area contributed by atoms with E-state index in [1.54, 1.807) is 12.1 Å². The van der Waals surface area contributed by atoms with E-state index in [0.717, 1.165) is 57.1 Å². The summed E-state index contributed by atoms with van der Waals surface area (Å²) in [6, 6.07) is 15.4. The van der Waals surface area contributed by atoms with Crippen LogP contribution in [0.4, 0.5) is 0 Å². The van der Waals surface area contributed by atoms with Gasteiger partial charge in [0.1, 0.15) is 0 Å². The zero-order chi connectivity index (χ0) is 18.0. The van der Waals surface area contributed by atoms with Crippen molar-refractivity contribution in [1.82, 2.24) is 10.2 Å². The SMILES string of the molecule is O=[C]c1ccc(C#Cc2ccc(CNCCN3CCOCC3)cc2)cc1. The molecule has 4 nitrogen and oxygen atoms in total. The average Bonchev–Trinajstić information content (AvgIpc) is 2.72. The van der Waals surface area contributed by atoms with Crippen LogP contribution in [0.25, 0.3) is 0 Å². The highest BCUT2D eigenvalue weighted by Gasteiger charge is 2.08. The van der Waals surface area contributed by atoms with Crippen LogP contribution in [-0.2, 0) is 16.1 Å². The van der Waals surface area contributed by atoms with E-state index in [-0.39, 0.29) is 0 Å². The normalized spacial score (nSPS) is 14.5. The van der Waals surface area contributed by atoms with E-state index >= 15 is 0 Å². The van der Waals surface area contributed by atoms with Gasteiger partial charge in [0.15, 0.2) is 0 Å². The van der Waals surface area contributed by atoms with Crippen molar-refractivity contribution in [2.75, 3.05) is 39.4 Å². The van der Waals surface area contributed by atoms with Gasteiger partial charge in [-0.1, -0.05) is 24.0 Å². The summed E-state index contributed by atoms with van der Waals surface area (Å²) in [5.74, 6) is 6.26. The molecule has 1 aliphatic heterocycles. The molecule has 1 N–H and O–H groups in total. The van der Waals surface area contributed by atoms with Gasteiger partial charge < -0.3 is 10.1 Å². The van der Waals surface area contributed by atoms with Crippen molar-refractivity contribution in [1.29, 1.82) is 0 Å². The fraction of sp³-hybridized carbons (Fsp3) is 0.318. The first-order valence-corrected chi connectivity index (χ1v) is 8.93. The molecule has 0 unspecified atom stereocenters. The van der Waals surface area contributed by atoms with Crippen LogP contribution >= 0.6 is 0 Å². The minimum atomic E-state index is 0.543. The number of carbonyl (C=O) groups excluding carboxylic acids is 1. The van der Waals surface area contributed by atoms with Crippen molar-refractivity contribution >= 4 is 6.29 Å². The molecule has 2 aromatic carbocycles. The molecule has 1 saturated heterocycles. The third-order valence-electron chi connectivity index (χ3n) is 4.35. The maximum Gasteiger partial charge on any atom is 0.233 e. The zero-order valence-electron chi connectivity index (χ0n) is 14.8. The number of nitrogens with one attached hydrogen (secondary N) is 1. The van der Waals surface area contributed by atoms with Crippen LogP contribution in [0.1, 0.15) is 22.3 Å². The second-order valence-electron chi connectivity index (χ2n) is 6.26. The summed E-state index contributed by atoms with van der Waals surface area (Å²) >= 11 is 0. The molecule has 4 heteroatoms. The Bertz CT molecular complexity index is 751.